The van der Waals surface area contributed by atoms with E-state index in [1.807, 2.05) is 23.4 Å². The summed E-state index contributed by atoms with van der Waals surface area (Å²) in [5, 5.41) is 2.38. The van der Waals surface area contributed by atoms with E-state index in [0.717, 1.165) is 55.3 Å². The first-order chi connectivity index (χ1) is 14.6. The van der Waals surface area contributed by atoms with Gasteiger partial charge in [0.2, 0.25) is 5.91 Å². The Labute approximate surface area is 180 Å². The van der Waals surface area contributed by atoms with Crippen LogP contribution in [0, 0.1) is 12.8 Å². The first-order valence-electron chi connectivity index (χ1n) is 10.9. The van der Waals surface area contributed by atoms with Crippen molar-refractivity contribution in [1.82, 2.24) is 9.88 Å². The molecule has 1 amide bonds. The van der Waals surface area contributed by atoms with Crippen molar-refractivity contribution in [1.29, 1.82) is 0 Å². The monoisotopic (exact) mass is 418 g/mol. The van der Waals surface area contributed by atoms with E-state index in [1.54, 1.807) is 11.3 Å². The molecular weight excluding hydrogens is 392 g/mol. The molecule has 0 spiro atoms. The summed E-state index contributed by atoms with van der Waals surface area (Å²) in [6, 6.07) is 10.5. The Bertz CT molecular complexity index is 1120. The fourth-order valence-corrected chi connectivity index (χ4v) is 5.83. The summed E-state index contributed by atoms with van der Waals surface area (Å²) < 4.78 is 0. The second-order valence-electron chi connectivity index (χ2n) is 8.52. The Kier molecular flexibility index (Phi) is 5.15. The van der Waals surface area contributed by atoms with Crippen LogP contribution in [0.15, 0.2) is 35.8 Å². The molecule has 2 aliphatic rings. The number of Topliss-reactive ketones (excluding diaryl/α,β-unsaturated/α-hetero) is 1. The van der Waals surface area contributed by atoms with Crippen molar-refractivity contribution in [3.63, 3.8) is 0 Å². The topological polar surface area (TPSA) is 50.3 Å². The highest BCUT2D eigenvalue weighted by atomic mass is 32.1. The van der Waals surface area contributed by atoms with Gasteiger partial charge in [0.1, 0.15) is 0 Å². The molecule has 30 heavy (non-hydrogen) atoms. The van der Waals surface area contributed by atoms with Crippen LogP contribution in [0.2, 0.25) is 0 Å². The number of hydrogen-bond donors (Lipinski definition) is 0. The van der Waals surface area contributed by atoms with Crippen molar-refractivity contribution in [2.24, 2.45) is 5.92 Å². The van der Waals surface area contributed by atoms with Gasteiger partial charge in [0.05, 0.1) is 11.2 Å². The quantitative estimate of drug-likeness (QED) is 0.562. The van der Waals surface area contributed by atoms with Gasteiger partial charge >= 0.3 is 0 Å². The molecular formula is C25H26N2O2S. The Morgan fingerprint density at radius 2 is 2.00 bits per heavy atom. The predicted octanol–water partition coefficient (Wildman–Crippen LogP) is 4.76. The van der Waals surface area contributed by atoms with Gasteiger partial charge in [-0.3, -0.25) is 9.59 Å². The zero-order valence-corrected chi connectivity index (χ0v) is 18.1. The van der Waals surface area contributed by atoms with E-state index in [0.29, 0.717) is 13.0 Å². The van der Waals surface area contributed by atoms with Gasteiger partial charge in [0, 0.05) is 35.9 Å². The molecule has 0 radical (unpaired) electrons. The fraction of sp³-hybridized carbons (Fsp3) is 0.400. The summed E-state index contributed by atoms with van der Waals surface area (Å²) in [5.74, 6) is 0.244. The van der Waals surface area contributed by atoms with Crippen molar-refractivity contribution in [3.8, 4) is 0 Å². The summed E-state index contributed by atoms with van der Waals surface area (Å²) in [7, 11) is 0. The molecule has 5 heteroatoms. The van der Waals surface area contributed by atoms with Gasteiger partial charge in [-0.05, 0) is 60.9 Å². The Morgan fingerprint density at radius 1 is 1.17 bits per heavy atom. The number of thiazole rings is 1. The number of rotatable bonds is 5. The summed E-state index contributed by atoms with van der Waals surface area (Å²) in [6.45, 7) is 3.29. The summed E-state index contributed by atoms with van der Waals surface area (Å²) in [4.78, 5) is 33.6. The van der Waals surface area contributed by atoms with Gasteiger partial charge in [-0.25, -0.2) is 4.98 Å². The lowest BCUT2D eigenvalue weighted by Gasteiger charge is -2.32. The maximum atomic E-state index is 13.5. The first kappa shape index (κ1) is 19.4. The number of aryl methyl sites for hydroxylation is 4. The predicted molar refractivity (Wildman–Crippen MR) is 120 cm³/mol. The number of aromatic nitrogens is 1. The van der Waals surface area contributed by atoms with E-state index in [1.165, 1.54) is 21.4 Å². The van der Waals surface area contributed by atoms with E-state index in [4.69, 9.17) is 0 Å². The zero-order chi connectivity index (χ0) is 20.7. The Hall–Kier alpha value is -2.53. The van der Waals surface area contributed by atoms with Crippen LogP contribution in [0.3, 0.4) is 0 Å². The van der Waals surface area contributed by atoms with Gasteiger partial charge in [-0.1, -0.05) is 30.3 Å². The number of hydrogen-bond acceptors (Lipinski definition) is 4. The summed E-state index contributed by atoms with van der Waals surface area (Å²) in [6.07, 6.45) is 5.11. The van der Waals surface area contributed by atoms with Gasteiger partial charge in [-0.2, -0.15) is 0 Å². The molecule has 2 heterocycles. The number of likely N-dealkylation sites (tertiary alicyclic amines) is 1. The average Bonchev–Trinajstić information content (AvgIpc) is 3.39. The van der Waals surface area contributed by atoms with Crippen molar-refractivity contribution < 1.29 is 9.59 Å². The second-order valence-corrected chi connectivity index (χ2v) is 9.46. The van der Waals surface area contributed by atoms with E-state index >= 15 is 0 Å². The van der Waals surface area contributed by atoms with E-state index < -0.39 is 0 Å². The van der Waals surface area contributed by atoms with Crippen LogP contribution >= 0.6 is 11.3 Å². The molecule has 0 unspecified atom stereocenters. The third kappa shape index (κ3) is 3.45. The van der Waals surface area contributed by atoms with Gasteiger partial charge < -0.3 is 4.90 Å². The third-order valence-corrected chi connectivity index (χ3v) is 7.69. The Balaban J connectivity index is 1.32. The molecule has 5 rings (SSSR count). The van der Waals surface area contributed by atoms with Crippen LogP contribution in [-0.2, 0) is 24.1 Å². The smallest absolute Gasteiger partial charge is 0.222 e. The molecule has 154 valence electrons. The van der Waals surface area contributed by atoms with Crippen molar-refractivity contribution in [2.75, 3.05) is 13.1 Å². The van der Waals surface area contributed by atoms with E-state index in [9.17, 15) is 9.59 Å². The van der Waals surface area contributed by atoms with Crippen molar-refractivity contribution >= 4 is 33.8 Å². The maximum absolute atomic E-state index is 13.5. The van der Waals surface area contributed by atoms with Crippen LogP contribution in [0.25, 0.3) is 10.8 Å². The van der Waals surface area contributed by atoms with Crippen LogP contribution in [-0.4, -0.2) is 34.7 Å². The molecule has 1 aliphatic carbocycles. The highest BCUT2D eigenvalue weighted by molar-refractivity contribution is 7.09. The second kappa shape index (κ2) is 7.95. The Morgan fingerprint density at radius 3 is 2.80 bits per heavy atom. The lowest BCUT2D eigenvalue weighted by molar-refractivity contribution is -0.132. The van der Waals surface area contributed by atoms with Crippen LogP contribution in [0.5, 0.6) is 0 Å². The number of benzene rings is 2. The number of piperidine rings is 1. The van der Waals surface area contributed by atoms with Crippen molar-refractivity contribution in [2.45, 2.75) is 45.4 Å². The minimum absolute atomic E-state index is 0.105. The van der Waals surface area contributed by atoms with Crippen LogP contribution < -0.4 is 0 Å². The van der Waals surface area contributed by atoms with E-state index in [-0.39, 0.29) is 17.6 Å². The molecule has 2 aromatic carbocycles. The van der Waals surface area contributed by atoms with Crippen LogP contribution in [0.1, 0.15) is 51.3 Å². The fourth-order valence-electron chi connectivity index (χ4n) is 5.04. The standard InChI is InChI=1S/C25H26N2O2S/c1-16-22(30-15-26-16)11-12-23(28)27-13-3-5-19(14-27)25(29)21-10-9-18-8-7-17-4-2-6-20(21)24(17)18/h2,4,6,9-10,15,19H,3,5,7-8,11-14H2,1H3/t19-/m0/s1. The molecule has 0 saturated carbocycles. The average molecular weight is 419 g/mol. The number of amides is 1. The third-order valence-electron chi connectivity index (χ3n) is 6.70. The zero-order valence-electron chi connectivity index (χ0n) is 17.3. The first-order valence-corrected chi connectivity index (χ1v) is 11.7. The largest absolute Gasteiger partial charge is 0.342 e. The highest BCUT2D eigenvalue weighted by Crippen LogP contribution is 2.34. The summed E-state index contributed by atoms with van der Waals surface area (Å²) >= 11 is 1.61. The molecule has 3 aromatic rings. The molecule has 0 N–H and O–H groups in total. The number of carbonyl (C=O) groups is 2. The molecule has 1 aliphatic heterocycles. The van der Waals surface area contributed by atoms with Crippen molar-refractivity contribution in [3.05, 3.63) is 63.1 Å². The molecule has 0 bridgehead atoms. The molecule has 1 fully saturated rings. The maximum Gasteiger partial charge on any atom is 0.222 e. The van der Waals surface area contributed by atoms with Gasteiger partial charge in [0.25, 0.3) is 0 Å². The van der Waals surface area contributed by atoms with Gasteiger partial charge in [-0.15, -0.1) is 11.3 Å². The molecule has 4 nitrogen and oxygen atoms in total. The lowest BCUT2D eigenvalue weighted by atomic mass is 9.87. The number of carbonyl (C=O) groups excluding carboxylic acids is 2. The molecule has 1 atom stereocenters. The lowest BCUT2D eigenvalue weighted by Crippen LogP contribution is -2.42. The minimum Gasteiger partial charge on any atom is -0.342 e. The normalized spacial score (nSPS) is 18.2. The number of ketones is 1. The van der Waals surface area contributed by atoms with Gasteiger partial charge in [0.15, 0.2) is 5.78 Å². The highest BCUT2D eigenvalue weighted by Gasteiger charge is 2.30. The van der Waals surface area contributed by atoms with Crippen LogP contribution in [0.4, 0.5) is 0 Å². The molecule has 1 saturated heterocycles. The minimum atomic E-state index is -0.105. The number of nitrogens with zero attached hydrogens (tertiary/aromatic N) is 2. The molecule has 1 aromatic heterocycles. The van der Waals surface area contributed by atoms with E-state index in [2.05, 4.69) is 29.2 Å². The summed E-state index contributed by atoms with van der Waals surface area (Å²) in [5.41, 5.74) is 6.40. The SMILES string of the molecule is Cc1ncsc1CCC(=O)N1CCC[C@H](C(=O)c2ccc3c4c(cccc24)CC3)C1.